The molecule has 0 aromatic carbocycles. The van der Waals surface area contributed by atoms with Crippen LogP contribution >= 0.6 is 0 Å². The van der Waals surface area contributed by atoms with Gasteiger partial charge in [0.25, 0.3) is 0 Å². The summed E-state index contributed by atoms with van der Waals surface area (Å²) in [7, 11) is 0. The van der Waals surface area contributed by atoms with Gasteiger partial charge in [-0.3, -0.25) is 9.96 Å². The van der Waals surface area contributed by atoms with E-state index in [1.807, 2.05) is 27.7 Å². The molecule has 0 radical (unpaired) electrons. The lowest BCUT2D eigenvalue weighted by Gasteiger charge is -2.58. The summed E-state index contributed by atoms with van der Waals surface area (Å²) >= 11 is 0. The number of quaternary nitrogens is 1. The first-order valence-corrected chi connectivity index (χ1v) is 7.15. The Hall–Kier alpha value is -0.450. The largest absolute Gasteiger partial charge is 0.625 e. The van der Waals surface area contributed by atoms with E-state index in [9.17, 15) is 10.0 Å². The van der Waals surface area contributed by atoms with Crippen molar-refractivity contribution >= 4 is 5.91 Å². The Bertz CT molecular complexity index is 346. The third-order valence-electron chi connectivity index (χ3n) is 4.50. The van der Waals surface area contributed by atoms with E-state index in [0.29, 0.717) is 6.54 Å². The fourth-order valence-electron chi connectivity index (χ4n) is 3.67. The van der Waals surface area contributed by atoms with E-state index in [4.69, 9.17) is 0 Å². The van der Waals surface area contributed by atoms with Crippen molar-refractivity contribution in [2.24, 2.45) is 0 Å². The van der Waals surface area contributed by atoms with Crippen molar-refractivity contribution in [3.63, 3.8) is 0 Å². The maximum Gasteiger partial charge on any atom is 0.334 e. The van der Waals surface area contributed by atoms with Gasteiger partial charge in [0.05, 0.1) is 11.6 Å². The maximum atomic E-state index is 13.0. The molecule has 2 rings (SSSR count). The van der Waals surface area contributed by atoms with E-state index in [0.717, 1.165) is 25.7 Å². The highest BCUT2D eigenvalue weighted by molar-refractivity contribution is 5.82. The van der Waals surface area contributed by atoms with E-state index in [1.54, 1.807) is 0 Å². The van der Waals surface area contributed by atoms with Gasteiger partial charge in [0.1, 0.15) is 12.1 Å². The van der Waals surface area contributed by atoms with Crippen LogP contribution in [0.1, 0.15) is 59.8 Å². The molecule has 4 heteroatoms. The molecule has 18 heavy (non-hydrogen) atoms. The van der Waals surface area contributed by atoms with Crippen molar-refractivity contribution in [3.8, 4) is 0 Å². The third-order valence-corrected chi connectivity index (χ3v) is 4.50. The lowest BCUT2D eigenvalue weighted by atomic mass is 9.76. The topological polar surface area (TPSA) is 52.2 Å². The van der Waals surface area contributed by atoms with Crippen LogP contribution in [-0.2, 0) is 4.79 Å². The van der Waals surface area contributed by atoms with Crippen molar-refractivity contribution in [3.05, 3.63) is 5.21 Å². The lowest BCUT2D eigenvalue weighted by Crippen LogP contribution is -2.78. The maximum absolute atomic E-state index is 13.0. The normalized spacial score (nSPS) is 35.1. The molecule has 1 spiro atoms. The van der Waals surface area contributed by atoms with Gasteiger partial charge in [-0.25, -0.2) is 4.79 Å². The van der Waals surface area contributed by atoms with Gasteiger partial charge in [-0.1, -0.05) is 19.3 Å². The van der Waals surface area contributed by atoms with Crippen LogP contribution in [0.25, 0.3) is 0 Å². The number of rotatable bonds is 1. The number of hydrogen-bond donors (Lipinski definition) is 1. The van der Waals surface area contributed by atoms with Gasteiger partial charge in [0.15, 0.2) is 0 Å². The highest BCUT2D eigenvalue weighted by Crippen LogP contribution is 2.39. The highest BCUT2D eigenvalue weighted by atomic mass is 16.6. The summed E-state index contributed by atoms with van der Waals surface area (Å²) in [4.78, 5) is 12.8. The Morgan fingerprint density at radius 2 is 1.78 bits per heavy atom. The van der Waals surface area contributed by atoms with E-state index in [2.05, 4.69) is 5.32 Å². The molecule has 0 bridgehead atoms. The minimum Gasteiger partial charge on any atom is -0.625 e. The van der Waals surface area contributed by atoms with E-state index in [-0.39, 0.29) is 17.5 Å². The summed E-state index contributed by atoms with van der Waals surface area (Å²) in [6.07, 6.45) is 4.92. The van der Waals surface area contributed by atoms with Gasteiger partial charge in [-0.2, -0.15) is 0 Å². The number of piperazine rings is 1. The Balaban J connectivity index is 2.39. The third kappa shape index (κ3) is 2.10. The van der Waals surface area contributed by atoms with Gasteiger partial charge in [0.2, 0.25) is 0 Å². The number of nitrogens with one attached hydrogen (secondary N) is 1. The second kappa shape index (κ2) is 4.29. The van der Waals surface area contributed by atoms with Gasteiger partial charge >= 0.3 is 5.91 Å². The molecule has 104 valence electrons. The van der Waals surface area contributed by atoms with Crippen LogP contribution in [0.5, 0.6) is 0 Å². The molecule has 1 heterocycles. The fraction of sp³-hybridized carbons (Fsp3) is 0.929. The molecule has 1 saturated heterocycles. The van der Waals surface area contributed by atoms with Crippen LogP contribution in [0.15, 0.2) is 0 Å². The summed E-state index contributed by atoms with van der Waals surface area (Å²) in [5.74, 6) is -0.128. The molecule has 2 aliphatic rings. The zero-order chi connectivity index (χ0) is 13.6. The number of hydrogen-bond acceptors (Lipinski definition) is 3. The van der Waals surface area contributed by atoms with Crippen LogP contribution in [-0.4, -0.2) is 34.2 Å². The molecule has 1 aliphatic heterocycles. The summed E-state index contributed by atoms with van der Waals surface area (Å²) in [6, 6.07) is -0.197. The summed E-state index contributed by atoms with van der Waals surface area (Å²) in [5, 5.41) is 16.5. The van der Waals surface area contributed by atoms with Crippen LogP contribution in [0, 0.1) is 5.21 Å². The standard InChI is InChI=1S/C14H26N2O2/c1-11(2)16(18)10-13(3,4)15-14(12(16)17)8-6-5-7-9-14/h11,15H,5-10H2,1-4H3. The Morgan fingerprint density at radius 3 is 2.28 bits per heavy atom. The van der Waals surface area contributed by atoms with Crippen molar-refractivity contribution in [1.29, 1.82) is 0 Å². The van der Waals surface area contributed by atoms with Crippen molar-refractivity contribution in [2.75, 3.05) is 6.54 Å². The molecule has 1 atom stereocenters. The second-order valence-corrected chi connectivity index (χ2v) is 7.00. The Morgan fingerprint density at radius 1 is 1.22 bits per heavy atom. The molecule has 1 aliphatic carbocycles. The smallest absolute Gasteiger partial charge is 0.334 e. The zero-order valence-electron chi connectivity index (χ0n) is 12.1. The average molecular weight is 254 g/mol. The molecule has 4 nitrogen and oxygen atoms in total. The second-order valence-electron chi connectivity index (χ2n) is 7.00. The predicted molar refractivity (Wildman–Crippen MR) is 71.7 cm³/mol. The van der Waals surface area contributed by atoms with Crippen LogP contribution in [0.4, 0.5) is 0 Å². The summed E-state index contributed by atoms with van der Waals surface area (Å²) in [5.41, 5.74) is -0.830. The number of carbonyl (C=O) groups is 1. The number of carbonyl (C=O) groups excluding carboxylic acids is 1. The predicted octanol–water partition coefficient (Wildman–Crippen LogP) is 2.32. The van der Waals surface area contributed by atoms with Crippen LogP contribution < -0.4 is 5.32 Å². The number of hydroxylamine groups is 3. The highest BCUT2D eigenvalue weighted by Gasteiger charge is 2.57. The van der Waals surface area contributed by atoms with Crippen molar-refractivity contribution in [1.82, 2.24) is 5.32 Å². The first-order chi connectivity index (χ1) is 8.22. The van der Waals surface area contributed by atoms with Gasteiger partial charge in [0, 0.05) is 0 Å². The fourth-order valence-corrected chi connectivity index (χ4v) is 3.67. The SMILES string of the molecule is CC(C)[N+]1([O-])CC(C)(C)NC2(CCCCC2)C1=O. The molecular formula is C14H26N2O2. The van der Waals surface area contributed by atoms with E-state index >= 15 is 0 Å². The van der Waals surface area contributed by atoms with Crippen LogP contribution in [0.2, 0.25) is 0 Å². The quantitative estimate of drug-likeness (QED) is 0.577. The van der Waals surface area contributed by atoms with E-state index < -0.39 is 10.2 Å². The molecule has 1 amide bonds. The molecule has 0 aromatic heterocycles. The first-order valence-electron chi connectivity index (χ1n) is 7.15. The molecule has 2 fully saturated rings. The zero-order valence-corrected chi connectivity index (χ0v) is 12.1. The van der Waals surface area contributed by atoms with Gasteiger partial charge in [-0.05, 0) is 40.5 Å². The average Bonchev–Trinajstić information content (AvgIpc) is 2.26. The van der Waals surface area contributed by atoms with Gasteiger partial charge < -0.3 is 5.21 Å². The molecule has 0 aromatic rings. The molecular weight excluding hydrogens is 228 g/mol. The minimum absolute atomic E-state index is 0.128. The molecule has 1 unspecified atom stereocenters. The number of amides is 1. The minimum atomic E-state index is -0.667. The van der Waals surface area contributed by atoms with Crippen molar-refractivity contribution < 1.29 is 9.44 Å². The Labute approximate surface area is 110 Å². The number of nitrogens with zero attached hydrogens (tertiary/aromatic N) is 1. The lowest BCUT2D eigenvalue weighted by molar-refractivity contribution is -0.838. The molecule has 1 saturated carbocycles. The van der Waals surface area contributed by atoms with Crippen LogP contribution in [0.3, 0.4) is 0 Å². The van der Waals surface area contributed by atoms with E-state index in [1.165, 1.54) is 6.42 Å². The van der Waals surface area contributed by atoms with Gasteiger partial charge in [-0.15, -0.1) is 0 Å². The first kappa shape index (κ1) is 14.0. The van der Waals surface area contributed by atoms with Crippen molar-refractivity contribution in [2.45, 2.75) is 76.9 Å². The summed E-state index contributed by atoms with van der Waals surface area (Å²) < 4.78 is -0.667. The monoisotopic (exact) mass is 254 g/mol. The Kier molecular flexibility index (Phi) is 3.33. The molecule has 1 N–H and O–H groups in total. The summed E-state index contributed by atoms with van der Waals surface area (Å²) in [6.45, 7) is 8.16.